The maximum absolute atomic E-state index is 6.22. The van der Waals surface area contributed by atoms with Gasteiger partial charge in [-0.15, -0.1) is 11.6 Å². The number of hydrogen-bond donors (Lipinski definition) is 0. The second-order valence-corrected chi connectivity index (χ2v) is 4.65. The molecule has 1 atom stereocenters. The fourth-order valence-electron chi connectivity index (χ4n) is 1.93. The Morgan fingerprint density at radius 3 is 2.85 bits per heavy atom. The molecule has 0 heterocycles. The molecule has 1 aromatic rings. The molecule has 0 aromatic heterocycles. The molecule has 0 radical (unpaired) electrons. The SMILES string of the molecule is CC(C)c1ccc2c(c1)C(Cl)CC2. The van der Waals surface area contributed by atoms with Crippen LogP contribution in [-0.2, 0) is 6.42 Å². The molecule has 0 nitrogen and oxygen atoms in total. The fraction of sp³-hybridized carbons (Fsp3) is 0.500. The van der Waals surface area contributed by atoms with Gasteiger partial charge in [0.15, 0.2) is 0 Å². The van der Waals surface area contributed by atoms with Crippen LogP contribution in [0.5, 0.6) is 0 Å². The molecule has 0 bridgehead atoms. The van der Waals surface area contributed by atoms with Gasteiger partial charge >= 0.3 is 0 Å². The summed E-state index contributed by atoms with van der Waals surface area (Å²) >= 11 is 6.22. The number of fused-ring (bicyclic) bond motifs is 1. The zero-order chi connectivity index (χ0) is 9.42. The summed E-state index contributed by atoms with van der Waals surface area (Å²) in [5.74, 6) is 0.606. The molecule has 0 saturated carbocycles. The molecule has 0 N–H and O–H groups in total. The van der Waals surface area contributed by atoms with Gasteiger partial charge in [0.2, 0.25) is 0 Å². The first-order valence-electron chi connectivity index (χ1n) is 4.95. The Kier molecular flexibility index (Phi) is 2.33. The van der Waals surface area contributed by atoms with E-state index in [1.807, 2.05) is 0 Å². The van der Waals surface area contributed by atoms with Crippen LogP contribution in [0.25, 0.3) is 0 Å². The first-order valence-corrected chi connectivity index (χ1v) is 5.39. The second-order valence-electron chi connectivity index (χ2n) is 4.12. The van der Waals surface area contributed by atoms with Gasteiger partial charge in [0.05, 0.1) is 5.38 Å². The van der Waals surface area contributed by atoms with Gasteiger partial charge in [-0.2, -0.15) is 0 Å². The Labute approximate surface area is 84.9 Å². The van der Waals surface area contributed by atoms with Crippen molar-refractivity contribution in [2.75, 3.05) is 0 Å². The summed E-state index contributed by atoms with van der Waals surface area (Å²) in [4.78, 5) is 0. The maximum atomic E-state index is 6.22. The largest absolute Gasteiger partial charge is 0.118 e. The Balaban J connectivity index is 2.42. The van der Waals surface area contributed by atoms with E-state index in [4.69, 9.17) is 11.6 Å². The van der Waals surface area contributed by atoms with Crippen LogP contribution in [0.4, 0.5) is 0 Å². The molecule has 0 aliphatic heterocycles. The van der Waals surface area contributed by atoms with Crippen LogP contribution in [-0.4, -0.2) is 0 Å². The van der Waals surface area contributed by atoms with Gasteiger partial charge in [0, 0.05) is 0 Å². The number of benzene rings is 1. The van der Waals surface area contributed by atoms with E-state index >= 15 is 0 Å². The van der Waals surface area contributed by atoms with Crippen molar-refractivity contribution in [2.45, 2.75) is 38.0 Å². The summed E-state index contributed by atoms with van der Waals surface area (Å²) in [5, 5.41) is 0.258. The van der Waals surface area contributed by atoms with Gasteiger partial charge in [0.25, 0.3) is 0 Å². The highest BCUT2D eigenvalue weighted by molar-refractivity contribution is 6.21. The highest BCUT2D eigenvalue weighted by Gasteiger charge is 2.20. The smallest absolute Gasteiger partial charge is 0.0591 e. The third-order valence-corrected chi connectivity index (χ3v) is 3.29. The predicted octanol–water partition coefficient (Wildman–Crippen LogP) is 4.04. The van der Waals surface area contributed by atoms with Crippen LogP contribution in [0.15, 0.2) is 18.2 Å². The minimum Gasteiger partial charge on any atom is -0.118 e. The minimum absolute atomic E-state index is 0.258. The molecule has 1 heteroatoms. The van der Waals surface area contributed by atoms with Crippen LogP contribution in [0.1, 0.15) is 48.3 Å². The lowest BCUT2D eigenvalue weighted by Gasteiger charge is -2.09. The maximum Gasteiger partial charge on any atom is 0.0591 e. The van der Waals surface area contributed by atoms with Crippen LogP contribution in [0.2, 0.25) is 0 Å². The van der Waals surface area contributed by atoms with Crippen molar-refractivity contribution < 1.29 is 0 Å². The first-order chi connectivity index (χ1) is 6.18. The molecule has 70 valence electrons. The van der Waals surface area contributed by atoms with Crippen molar-refractivity contribution in [3.63, 3.8) is 0 Å². The summed E-state index contributed by atoms with van der Waals surface area (Å²) in [7, 11) is 0. The second kappa shape index (κ2) is 3.34. The number of alkyl halides is 1. The predicted molar refractivity (Wildman–Crippen MR) is 57.4 cm³/mol. The third kappa shape index (κ3) is 1.60. The van der Waals surface area contributed by atoms with Crippen molar-refractivity contribution in [1.82, 2.24) is 0 Å². The molecule has 0 saturated heterocycles. The normalized spacial score (nSPS) is 20.8. The third-order valence-electron chi connectivity index (χ3n) is 2.84. The van der Waals surface area contributed by atoms with Gasteiger partial charge in [-0.1, -0.05) is 32.0 Å². The zero-order valence-corrected chi connectivity index (χ0v) is 8.93. The van der Waals surface area contributed by atoms with E-state index in [0.717, 1.165) is 12.8 Å². The van der Waals surface area contributed by atoms with Crippen molar-refractivity contribution >= 4 is 11.6 Å². The standard InChI is InChI=1S/C12H15Cl/c1-8(2)10-4-3-9-5-6-12(13)11(9)7-10/h3-4,7-8,12H,5-6H2,1-2H3. The Bertz CT molecular complexity index is 315. The highest BCUT2D eigenvalue weighted by atomic mass is 35.5. The molecule has 0 amide bonds. The van der Waals surface area contributed by atoms with Crippen LogP contribution in [0, 0.1) is 0 Å². The number of aryl methyl sites for hydroxylation is 1. The van der Waals surface area contributed by atoms with Gasteiger partial charge in [0.1, 0.15) is 0 Å². The molecular weight excluding hydrogens is 180 g/mol. The lowest BCUT2D eigenvalue weighted by Crippen LogP contribution is -1.91. The molecule has 0 fully saturated rings. The summed E-state index contributed by atoms with van der Waals surface area (Å²) in [5.41, 5.74) is 4.23. The molecule has 1 aliphatic rings. The lowest BCUT2D eigenvalue weighted by atomic mass is 9.99. The van der Waals surface area contributed by atoms with E-state index in [9.17, 15) is 0 Å². The molecule has 13 heavy (non-hydrogen) atoms. The minimum atomic E-state index is 0.258. The summed E-state index contributed by atoms with van der Waals surface area (Å²) in [6, 6.07) is 6.76. The van der Waals surface area contributed by atoms with E-state index < -0.39 is 0 Å². The van der Waals surface area contributed by atoms with Crippen molar-refractivity contribution in [1.29, 1.82) is 0 Å². The van der Waals surface area contributed by atoms with Crippen molar-refractivity contribution in [2.24, 2.45) is 0 Å². The van der Waals surface area contributed by atoms with Gasteiger partial charge in [-0.3, -0.25) is 0 Å². The number of halogens is 1. The monoisotopic (exact) mass is 194 g/mol. The van der Waals surface area contributed by atoms with Crippen LogP contribution >= 0.6 is 11.6 Å². The zero-order valence-electron chi connectivity index (χ0n) is 8.18. The van der Waals surface area contributed by atoms with Gasteiger partial charge < -0.3 is 0 Å². The Hall–Kier alpha value is -0.490. The average Bonchev–Trinajstić information content (AvgIpc) is 2.47. The lowest BCUT2D eigenvalue weighted by molar-refractivity contribution is 0.858. The molecule has 1 unspecified atom stereocenters. The van der Waals surface area contributed by atoms with Gasteiger partial charge in [-0.25, -0.2) is 0 Å². The summed E-state index contributed by atoms with van der Waals surface area (Å²) in [6.45, 7) is 4.44. The van der Waals surface area contributed by atoms with E-state index in [-0.39, 0.29) is 5.38 Å². The molecule has 0 spiro atoms. The quantitative estimate of drug-likeness (QED) is 0.592. The topological polar surface area (TPSA) is 0 Å². The van der Waals surface area contributed by atoms with Crippen molar-refractivity contribution in [3.8, 4) is 0 Å². The van der Waals surface area contributed by atoms with E-state index in [1.165, 1.54) is 16.7 Å². The van der Waals surface area contributed by atoms with E-state index in [1.54, 1.807) is 0 Å². The summed E-state index contributed by atoms with van der Waals surface area (Å²) < 4.78 is 0. The van der Waals surface area contributed by atoms with E-state index in [0.29, 0.717) is 5.92 Å². The van der Waals surface area contributed by atoms with Crippen LogP contribution in [0.3, 0.4) is 0 Å². The molecule has 1 aliphatic carbocycles. The van der Waals surface area contributed by atoms with Crippen LogP contribution < -0.4 is 0 Å². The fourth-order valence-corrected chi connectivity index (χ4v) is 2.24. The number of rotatable bonds is 1. The highest BCUT2D eigenvalue weighted by Crippen LogP contribution is 2.37. The van der Waals surface area contributed by atoms with Crippen molar-refractivity contribution in [3.05, 3.63) is 34.9 Å². The molecule has 1 aromatic carbocycles. The average molecular weight is 195 g/mol. The van der Waals surface area contributed by atoms with Gasteiger partial charge in [-0.05, 0) is 35.4 Å². The first kappa shape index (κ1) is 9.08. The molecule has 2 rings (SSSR count). The summed E-state index contributed by atoms with van der Waals surface area (Å²) in [6.07, 6.45) is 2.26. The number of hydrogen-bond acceptors (Lipinski definition) is 0. The Morgan fingerprint density at radius 1 is 1.38 bits per heavy atom. The molecular formula is C12H15Cl. The van der Waals surface area contributed by atoms with E-state index in [2.05, 4.69) is 32.0 Å². The Morgan fingerprint density at radius 2 is 2.15 bits per heavy atom.